The maximum atomic E-state index is 14.0. The quantitative estimate of drug-likeness (QED) is 0.428. The van der Waals surface area contributed by atoms with Crippen molar-refractivity contribution in [3.8, 4) is 17.0 Å². The molecule has 3 aromatic rings. The minimum absolute atomic E-state index is 0.00327. The molecule has 10 heteroatoms. The van der Waals surface area contributed by atoms with E-state index in [0.29, 0.717) is 52.7 Å². The summed E-state index contributed by atoms with van der Waals surface area (Å²) in [5.41, 5.74) is 2.70. The molecule has 0 bridgehead atoms. The lowest BCUT2D eigenvalue weighted by Crippen LogP contribution is -2.43. The average molecular weight is 496 g/mol. The van der Waals surface area contributed by atoms with Gasteiger partial charge in [0.2, 0.25) is 0 Å². The van der Waals surface area contributed by atoms with E-state index in [1.165, 1.54) is 18.5 Å². The molecule has 2 saturated carbocycles. The molecule has 2 fully saturated rings. The number of halogens is 1. The van der Waals surface area contributed by atoms with Gasteiger partial charge in [0.05, 0.1) is 24.3 Å². The summed E-state index contributed by atoms with van der Waals surface area (Å²) in [6.07, 6.45) is 7.91. The van der Waals surface area contributed by atoms with Gasteiger partial charge in [-0.2, -0.15) is 0 Å². The van der Waals surface area contributed by atoms with Crippen LogP contribution in [0, 0.1) is 11.7 Å². The highest BCUT2D eigenvalue weighted by atomic mass is 19.1. The molecule has 2 heterocycles. The van der Waals surface area contributed by atoms with E-state index in [4.69, 9.17) is 9.47 Å². The number of aromatic nitrogens is 3. The van der Waals surface area contributed by atoms with Crippen LogP contribution in [0.1, 0.15) is 55.8 Å². The number of rotatable bonds is 8. The van der Waals surface area contributed by atoms with Crippen LogP contribution in [0.25, 0.3) is 22.3 Å². The van der Waals surface area contributed by atoms with Gasteiger partial charge in [-0.1, -0.05) is 0 Å². The largest absolute Gasteiger partial charge is 0.492 e. The van der Waals surface area contributed by atoms with Gasteiger partial charge in [0.1, 0.15) is 29.1 Å². The Morgan fingerprint density at radius 1 is 1.08 bits per heavy atom. The van der Waals surface area contributed by atoms with Gasteiger partial charge < -0.3 is 25.1 Å². The van der Waals surface area contributed by atoms with Crippen LogP contribution in [0.15, 0.2) is 30.7 Å². The van der Waals surface area contributed by atoms with Crippen LogP contribution in [0.2, 0.25) is 0 Å². The fourth-order valence-electron chi connectivity index (χ4n) is 4.60. The Morgan fingerprint density at radius 2 is 1.83 bits per heavy atom. The third-order valence-corrected chi connectivity index (χ3v) is 6.74. The van der Waals surface area contributed by atoms with Crippen molar-refractivity contribution in [3.63, 3.8) is 0 Å². The van der Waals surface area contributed by atoms with Crippen LogP contribution in [0.3, 0.4) is 0 Å². The first-order valence-electron chi connectivity index (χ1n) is 12.5. The Bertz CT molecular complexity index is 1250. The normalized spacial score (nSPS) is 19.6. The summed E-state index contributed by atoms with van der Waals surface area (Å²) >= 11 is 0. The van der Waals surface area contributed by atoms with Gasteiger partial charge in [0.25, 0.3) is 5.91 Å². The number of H-pyrrole nitrogens is 1. The fourth-order valence-corrected chi connectivity index (χ4v) is 4.60. The molecular weight excluding hydrogens is 465 g/mol. The number of benzene rings is 1. The number of hydrogen-bond acceptors (Lipinski definition) is 6. The summed E-state index contributed by atoms with van der Waals surface area (Å²) in [6, 6.07) is 4.44. The number of nitrogens with one attached hydrogen (secondary N) is 3. The Morgan fingerprint density at radius 3 is 2.56 bits per heavy atom. The molecule has 2 amide bonds. The fraction of sp³-hybridized carbons (Fsp3) is 0.462. The van der Waals surface area contributed by atoms with Gasteiger partial charge in [-0.3, -0.25) is 4.79 Å². The van der Waals surface area contributed by atoms with E-state index in [-0.39, 0.29) is 23.8 Å². The van der Waals surface area contributed by atoms with Gasteiger partial charge in [0, 0.05) is 29.9 Å². The number of carbonyl (C=O) groups is 2. The molecule has 0 atom stereocenters. The number of amides is 2. The van der Waals surface area contributed by atoms with Crippen molar-refractivity contribution < 1.29 is 23.5 Å². The Hall–Kier alpha value is -3.69. The molecule has 36 heavy (non-hydrogen) atoms. The summed E-state index contributed by atoms with van der Waals surface area (Å²) in [5.74, 6) is 0.338. The summed E-state index contributed by atoms with van der Waals surface area (Å²) in [6.45, 7) is 2.65. The monoisotopic (exact) mass is 495 g/mol. The zero-order valence-electron chi connectivity index (χ0n) is 20.2. The molecule has 0 spiro atoms. The summed E-state index contributed by atoms with van der Waals surface area (Å²) < 4.78 is 24.8. The molecule has 0 saturated heterocycles. The lowest BCUT2D eigenvalue weighted by Gasteiger charge is -2.29. The molecule has 5 rings (SSSR count). The Balaban J connectivity index is 1.29. The summed E-state index contributed by atoms with van der Waals surface area (Å²) in [5, 5.41) is 5.96. The second-order valence-corrected chi connectivity index (χ2v) is 9.43. The SMILES string of the molecule is CCOC(=O)N[C@H]1CC[C@@H](NC(=O)c2c[nH]c3c(-c4ccc(F)cc4OCC4CC4)ncnc23)CC1. The molecule has 9 nitrogen and oxygen atoms in total. The zero-order chi connectivity index (χ0) is 25.1. The molecule has 2 aromatic heterocycles. The van der Waals surface area contributed by atoms with E-state index >= 15 is 0 Å². The van der Waals surface area contributed by atoms with E-state index < -0.39 is 6.09 Å². The van der Waals surface area contributed by atoms with Gasteiger partial charge in [-0.25, -0.2) is 19.2 Å². The molecule has 0 unspecified atom stereocenters. The van der Waals surface area contributed by atoms with Crippen molar-refractivity contribution >= 4 is 23.0 Å². The highest BCUT2D eigenvalue weighted by molar-refractivity contribution is 6.07. The van der Waals surface area contributed by atoms with Crippen LogP contribution < -0.4 is 15.4 Å². The number of fused-ring (bicyclic) bond motifs is 1. The van der Waals surface area contributed by atoms with Crippen LogP contribution >= 0.6 is 0 Å². The number of nitrogens with zero attached hydrogens (tertiary/aromatic N) is 2. The van der Waals surface area contributed by atoms with Crippen LogP contribution in [0.4, 0.5) is 9.18 Å². The van der Waals surface area contributed by atoms with Crippen molar-refractivity contribution in [1.29, 1.82) is 0 Å². The minimum Gasteiger partial charge on any atom is -0.492 e. The minimum atomic E-state index is -0.401. The zero-order valence-corrected chi connectivity index (χ0v) is 20.2. The first-order chi connectivity index (χ1) is 17.5. The van der Waals surface area contributed by atoms with Crippen molar-refractivity contribution in [3.05, 3.63) is 42.1 Å². The Kier molecular flexibility index (Phi) is 7.02. The van der Waals surface area contributed by atoms with Crippen LogP contribution in [-0.4, -0.2) is 52.2 Å². The topological polar surface area (TPSA) is 118 Å². The van der Waals surface area contributed by atoms with Gasteiger partial charge in [0.15, 0.2) is 0 Å². The predicted octanol–water partition coefficient (Wildman–Crippen LogP) is 4.34. The average Bonchev–Trinajstić information content (AvgIpc) is 3.60. The second-order valence-electron chi connectivity index (χ2n) is 9.43. The van der Waals surface area contributed by atoms with E-state index in [2.05, 4.69) is 25.6 Å². The molecule has 190 valence electrons. The maximum absolute atomic E-state index is 14.0. The maximum Gasteiger partial charge on any atom is 0.407 e. The van der Waals surface area contributed by atoms with Crippen molar-refractivity contribution in [1.82, 2.24) is 25.6 Å². The standard InChI is InChI=1S/C26H30FN5O4/c1-2-35-26(34)32-18-8-6-17(7-9-18)31-25(33)20-12-28-24-22(29-14-30-23(20)24)19-10-5-16(27)11-21(19)36-13-15-3-4-15/h5,10-12,14-15,17-18,28H,2-4,6-9,13H2,1H3,(H,31,33)(H,32,34)/t17-,18+. The second kappa shape index (κ2) is 10.5. The summed E-state index contributed by atoms with van der Waals surface area (Å²) in [7, 11) is 0. The molecule has 0 radical (unpaired) electrons. The number of carbonyl (C=O) groups excluding carboxylic acids is 2. The van der Waals surface area contributed by atoms with Gasteiger partial charge >= 0.3 is 6.09 Å². The molecular formula is C26H30FN5O4. The highest BCUT2D eigenvalue weighted by Gasteiger charge is 2.26. The van der Waals surface area contributed by atoms with E-state index in [1.54, 1.807) is 19.2 Å². The van der Waals surface area contributed by atoms with E-state index in [9.17, 15) is 14.0 Å². The molecule has 2 aliphatic carbocycles. The van der Waals surface area contributed by atoms with E-state index in [1.807, 2.05) is 0 Å². The molecule has 0 aliphatic heterocycles. The van der Waals surface area contributed by atoms with Crippen LogP contribution in [0.5, 0.6) is 5.75 Å². The molecule has 3 N–H and O–H groups in total. The van der Waals surface area contributed by atoms with Crippen molar-refractivity contribution in [2.45, 2.75) is 57.5 Å². The number of hydrogen-bond donors (Lipinski definition) is 3. The van der Waals surface area contributed by atoms with Crippen LogP contribution in [-0.2, 0) is 4.74 Å². The first-order valence-corrected chi connectivity index (χ1v) is 12.5. The number of aromatic amines is 1. The third-order valence-electron chi connectivity index (χ3n) is 6.74. The molecule has 1 aromatic carbocycles. The molecule has 2 aliphatic rings. The third kappa shape index (κ3) is 5.42. The predicted molar refractivity (Wildman–Crippen MR) is 131 cm³/mol. The number of alkyl carbamates (subject to hydrolysis) is 1. The Labute approximate surface area is 208 Å². The van der Waals surface area contributed by atoms with Gasteiger partial charge in [-0.05, 0) is 63.5 Å². The summed E-state index contributed by atoms with van der Waals surface area (Å²) in [4.78, 5) is 36.7. The number of ether oxygens (including phenoxy) is 2. The lowest BCUT2D eigenvalue weighted by molar-refractivity contribution is 0.0923. The van der Waals surface area contributed by atoms with Gasteiger partial charge in [-0.15, -0.1) is 0 Å². The van der Waals surface area contributed by atoms with E-state index in [0.717, 1.165) is 38.5 Å². The lowest BCUT2D eigenvalue weighted by atomic mass is 9.91. The highest BCUT2D eigenvalue weighted by Crippen LogP contribution is 2.36. The first kappa shape index (κ1) is 24.0. The smallest absolute Gasteiger partial charge is 0.407 e. The van der Waals surface area contributed by atoms with Crippen molar-refractivity contribution in [2.24, 2.45) is 5.92 Å². The van der Waals surface area contributed by atoms with Crippen molar-refractivity contribution in [2.75, 3.05) is 13.2 Å².